The van der Waals surface area contributed by atoms with Gasteiger partial charge in [0.05, 0.1) is 0 Å². The van der Waals surface area contributed by atoms with Gasteiger partial charge in [0.1, 0.15) is 0 Å². The highest BCUT2D eigenvalue weighted by Crippen LogP contribution is 2.24. The lowest BCUT2D eigenvalue weighted by Crippen LogP contribution is -2.51. The minimum Gasteiger partial charge on any atom is -0.252 e. The van der Waals surface area contributed by atoms with Crippen LogP contribution in [0.2, 0.25) is 0 Å². The molecule has 0 radical (unpaired) electrons. The minimum atomic E-state index is -4.28. The van der Waals surface area contributed by atoms with Gasteiger partial charge in [-0.05, 0) is 0 Å². The number of aromatic nitrogens is 8. The number of hydrogen-bond acceptors (Lipinski definition) is 20. The molecule has 0 bridgehead atoms. The molecule has 26 heteroatoms. The molecule has 2 heterocycles. The smallest absolute Gasteiger partial charge is 0.252 e. The third kappa shape index (κ3) is 3.00. The van der Waals surface area contributed by atoms with Crippen LogP contribution >= 0.6 is 0 Å². The zero-order valence-corrected chi connectivity index (χ0v) is 14.2. The summed E-state index contributed by atoms with van der Waals surface area (Å²) in [5.74, 6) is -13.8. The number of rotatable bonds is 9. The molecule has 0 unspecified atom stereocenters. The maximum atomic E-state index is 10.9. The van der Waals surface area contributed by atoms with E-state index < -0.39 is 64.4 Å². The van der Waals surface area contributed by atoms with Gasteiger partial charge in [-0.3, -0.25) is 60.7 Å². The Morgan fingerprint density at radius 2 is 0.594 bits per heavy atom. The average Bonchev–Trinajstić information content (AvgIpc) is 2.68. The largest absolute Gasteiger partial charge is 0.766 e. The third-order valence-electron chi connectivity index (χ3n) is 3.29. The summed E-state index contributed by atoms with van der Waals surface area (Å²) in [5.41, 5.74) is 0. The first-order valence-electron chi connectivity index (χ1n) is 6.87. The van der Waals surface area contributed by atoms with Gasteiger partial charge in [-0.15, -0.1) is 40.8 Å². The SMILES string of the molecule is O=[N+]([O-])C(c1nnc(-c2nnc(C([N+](=O)[O-])([N+](=O)[O-])[N+](=O)[O-])nn2)nn1)([N+](=O)[O-])[N+](=O)[O-]. The molecule has 0 aromatic carbocycles. The van der Waals surface area contributed by atoms with Gasteiger partial charge in [0.15, 0.2) is 29.5 Å². The van der Waals surface area contributed by atoms with Crippen molar-refractivity contribution in [3.63, 3.8) is 0 Å². The zero-order valence-electron chi connectivity index (χ0n) is 14.2. The molecule has 0 amide bonds. The Morgan fingerprint density at radius 3 is 0.750 bits per heavy atom. The van der Waals surface area contributed by atoms with Crippen LogP contribution in [0.5, 0.6) is 0 Å². The van der Waals surface area contributed by atoms with Gasteiger partial charge in [-0.2, -0.15) is 0 Å². The molecule has 0 saturated heterocycles. The van der Waals surface area contributed by atoms with Gasteiger partial charge in [0.2, 0.25) is 11.6 Å². The Labute approximate surface area is 167 Å². The van der Waals surface area contributed by atoms with Crippen molar-refractivity contribution in [2.24, 2.45) is 0 Å². The molecular weight excluding hydrogens is 460 g/mol. The average molecular weight is 460 g/mol. The highest BCUT2D eigenvalue weighted by atomic mass is 16.7. The quantitative estimate of drug-likeness (QED) is 0.198. The molecule has 32 heavy (non-hydrogen) atoms. The third-order valence-corrected chi connectivity index (χ3v) is 3.29. The number of nitrogens with zero attached hydrogens (tertiary/aromatic N) is 14. The Balaban J connectivity index is 2.54. The fraction of sp³-hybridized carbons (Fsp3) is 0.333. The number of hydrogen-bond donors (Lipinski definition) is 0. The van der Waals surface area contributed by atoms with Crippen LogP contribution < -0.4 is 0 Å². The fourth-order valence-corrected chi connectivity index (χ4v) is 1.80. The van der Waals surface area contributed by atoms with E-state index >= 15 is 0 Å². The van der Waals surface area contributed by atoms with Crippen LogP contribution in [-0.4, -0.2) is 70.3 Å². The molecular formula is C6N14O12. The lowest BCUT2D eigenvalue weighted by atomic mass is 10.3. The molecule has 0 N–H and O–H groups in total. The van der Waals surface area contributed by atoms with Crippen LogP contribution in [0.3, 0.4) is 0 Å². The second-order valence-electron chi connectivity index (χ2n) is 4.91. The molecule has 0 spiro atoms. The predicted octanol–water partition coefficient (Wildman–Crippen LogP) is -3.61. The normalized spacial score (nSPS) is 11.4. The Hall–Kier alpha value is -5.72. The standard InChI is InChI=1S/C6N14O12/c21-15(22)5(16(23)24,17(25)26)3-11-7-1(8-12-3)2-9-13-4(14-10-2)6(18(27)28,19(29)30)20(31)32. The maximum Gasteiger partial charge on any atom is 0.766 e. The molecule has 0 aliphatic carbocycles. The van der Waals surface area contributed by atoms with E-state index in [1.807, 2.05) is 0 Å². The molecule has 0 aliphatic heterocycles. The summed E-state index contributed by atoms with van der Waals surface area (Å²) < 4.78 is 0. The van der Waals surface area contributed by atoms with Crippen molar-refractivity contribution < 1.29 is 29.5 Å². The van der Waals surface area contributed by atoms with Crippen LogP contribution in [0.4, 0.5) is 0 Å². The van der Waals surface area contributed by atoms with Gasteiger partial charge < -0.3 is 0 Å². The first-order valence-corrected chi connectivity index (χ1v) is 6.87. The van der Waals surface area contributed by atoms with E-state index in [4.69, 9.17) is 0 Å². The summed E-state index contributed by atoms with van der Waals surface area (Å²) in [4.78, 5) is 54.0. The van der Waals surface area contributed by atoms with E-state index in [9.17, 15) is 60.7 Å². The molecule has 2 rings (SSSR count). The molecule has 2 aromatic rings. The fourth-order valence-electron chi connectivity index (χ4n) is 1.80. The molecule has 0 fully saturated rings. The van der Waals surface area contributed by atoms with Crippen molar-refractivity contribution >= 4 is 0 Å². The van der Waals surface area contributed by atoms with Gasteiger partial charge in [-0.25, -0.2) is 0 Å². The van der Waals surface area contributed by atoms with Crippen LogP contribution in [0.15, 0.2) is 0 Å². The highest BCUT2D eigenvalue weighted by Gasteiger charge is 2.77. The topological polar surface area (TPSA) is 362 Å². The lowest BCUT2D eigenvalue weighted by molar-refractivity contribution is -0.987. The summed E-state index contributed by atoms with van der Waals surface area (Å²) in [5, 5.41) is 89.0. The molecule has 0 saturated carbocycles. The van der Waals surface area contributed by atoms with Crippen molar-refractivity contribution in [2.75, 3.05) is 0 Å². The number of nitro groups is 6. The minimum absolute atomic E-state index is 0.932. The van der Waals surface area contributed by atoms with Crippen molar-refractivity contribution in [1.82, 2.24) is 40.8 Å². The van der Waals surface area contributed by atoms with E-state index in [-0.39, 0.29) is 0 Å². The molecule has 0 atom stereocenters. The first kappa shape index (κ1) is 22.6. The second kappa shape index (κ2) is 7.60. The monoisotopic (exact) mass is 460 g/mol. The van der Waals surface area contributed by atoms with E-state index in [1.165, 1.54) is 0 Å². The summed E-state index contributed by atoms with van der Waals surface area (Å²) in [6.45, 7) is 0. The van der Waals surface area contributed by atoms with E-state index in [0.29, 0.717) is 0 Å². The summed E-state index contributed by atoms with van der Waals surface area (Å²) in [6.07, 6.45) is 0. The lowest BCUT2D eigenvalue weighted by Gasteiger charge is -2.06. The van der Waals surface area contributed by atoms with Crippen molar-refractivity contribution in [1.29, 1.82) is 0 Å². The van der Waals surface area contributed by atoms with Crippen molar-refractivity contribution in [2.45, 2.75) is 11.6 Å². The first-order chi connectivity index (χ1) is 14.8. The predicted molar refractivity (Wildman–Crippen MR) is 79.6 cm³/mol. The second-order valence-corrected chi connectivity index (χ2v) is 4.91. The van der Waals surface area contributed by atoms with Gasteiger partial charge in [-0.1, -0.05) is 0 Å². The molecule has 2 aromatic heterocycles. The van der Waals surface area contributed by atoms with Gasteiger partial charge in [0, 0.05) is 0 Å². The maximum absolute atomic E-state index is 10.9. The zero-order chi connectivity index (χ0) is 24.4. The summed E-state index contributed by atoms with van der Waals surface area (Å²) in [7, 11) is 0. The molecule has 0 aliphatic rings. The van der Waals surface area contributed by atoms with Crippen LogP contribution in [-0.2, 0) is 11.6 Å². The van der Waals surface area contributed by atoms with E-state index in [0.717, 1.165) is 0 Å². The van der Waals surface area contributed by atoms with E-state index in [2.05, 4.69) is 40.8 Å². The summed E-state index contributed by atoms with van der Waals surface area (Å²) in [6, 6.07) is 0. The van der Waals surface area contributed by atoms with Crippen molar-refractivity contribution in [3.05, 3.63) is 72.3 Å². The van der Waals surface area contributed by atoms with Crippen LogP contribution in [0.25, 0.3) is 11.6 Å². The van der Waals surface area contributed by atoms with E-state index in [1.54, 1.807) is 0 Å². The van der Waals surface area contributed by atoms with Crippen molar-refractivity contribution in [3.8, 4) is 11.6 Å². The highest BCUT2D eigenvalue weighted by molar-refractivity contribution is 5.37. The van der Waals surface area contributed by atoms with Gasteiger partial charge in [0.25, 0.3) is 0 Å². The Morgan fingerprint density at radius 1 is 0.406 bits per heavy atom. The Bertz CT molecular complexity index is 982. The summed E-state index contributed by atoms with van der Waals surface area (Å²) >= 11 is 0. The van der Waals surface area contributed by atoms with Crippen LogP contribution in [0.1, 0.15) is 11.6 Å². The molecule has 166 valence electrons. The van der Waals surface area contributed by atoms with Crippen LogP contribution in [0, 0.1) is 60.7 Å². The molecule has 26 nitrogen and oxygen atoms in total. The van der Waals surface area contributed by atoms with Gasteiger partial charge >= 0.3 is 23.2 Å². The Kier molecular flexibility index (Phi) is 5.36.